The second-order valence-corrected chi connectivity index (χ2v) is 5.23. The Kier molecular flexibility index (Phi) is 7.26. The number of carboxylic acids is 1. The van der Waals surface area contributed by atoms with E-state index in [1.54, 1.807) is 0 Å². The SMILES string of the molecule is CCC(C)c1ccc(CC(CC(=O)O)NCCO)cc1. The van der Waals surface area contributed by atoms with Gasteiger partial charge in [0.05, 0.1) is 13.0 Å². The van der Waals surface area contributed by atoms with Crippen LogP contribution in [0.15, 0.2) is 24.3 Å². The third-order valence-electron chi connectivity index (χ3n) is 3.61. The van der Waals surface area contributed by atoms with Crippen molar-refractivity contribution in [2.24, 2.45) is 0 Å². The molecule has 0 bridgehead atoms. The van der Waals surface area contributed by atoms with E-state index in [0.717, 1.165) is 12.0 Å². The molecule has 0 heterocycles. The Labute approximate surface area is 120 Å². The predicted octanol–water partition coefficient (Wildman–Crippen LogP) is 2.17. The molecule has 1 aromatic carbocycles. The third-order valence-corrected chi connectivity index (χ3v) is 3.61. The van der Waals surface area contributed by atoms with Gasteiger partial charge in [-0.3, -0.25) is 4.79 Å². The van der Waals surface area contributed by atoms with Gasteiger partial charge in [0, 0.05) is 12.6 Å². The zero-order valence-corrected chi connectivity index (χ0v) is 12.3. The molecule has 0 aromatic heterocycles. The lowest BCUT2D eigenvalue weighted by molar-refractivity contribution is -0.137. The van der Waals surface area contributed by atoms with Gasteiger partial charge in [-0.15, -0.1) is 0 Å². The molecule has 0 aliphatic rings. The third kappa shape index (κ3) is 5.72. The van der Waals surface area contributed by atoms with Crippen molar-refractivity contribution < 1.29 is 15.0 Å². The number of carboxylic acid groups (broad SMARTS) is 1. The first kappa shape index (κ1) is 16.7. The van der Waals surface area contributed by atoms with Crippen molar-refractivity contribution in [2.75, 3.05) is 13.2 Å². The van der Waals surface area contributed by atoms with E-state index in [1.807, 2.05) is 0 Å². The van der Waals surface area contributed by atoms with Crippen molar-refractivity contribution in [3.05, 3.63) is 35.4 Å². The van der Waals surface area contributed by atoms with Crippen molar-refractivity contribution >= 4 is 5.97 Å². The van der Waals surface area contributed by atoms with E-state index >= 15 is 0 Å². The number of aliphatic carboxylic acids is 1. The van der Waals surface area contributed by atoms with Gasteiger partial charge in [0.15, 0.2) is 0 Å². The maximum atomic E-state index is 10.8. The average Bonchev–Trinajstić information content (AvgIpc) is 2.44. The molecule has 0 aliphatic carbocycles. The molecule has 0 amide bonds. The Morgan fingerprint density at radius 2 is 1.95 bits per heavy atom. The molecule has 3 N–H and O–H groups in total. The van der Waals surface area contributed by atoms with Gasteiger partial charge in [-0.25, -0.2) is 0 Å². The maximum Gasteiger partial charge on any atom is 0.304 e. The summed E-state index contributed by atoms with van der Waals surface area (Å²) in [7, 11) is 0. The maximum absolute atomic E-state index is 10.8. The van der Waals surface area contributed by atoms with E-state index in [9.17, 15) is 4.79 Å². The first-order valence-corrected chi connectivity index (χ1v) is 7.21. The standard InChI is InChI=1S/C16H25NO3/c1-3-12(2)14-6-4-13(5-7-14)10-15(11-16(19)20)17-8-9-18/h4-7,12,15,17-18H,3,8-11H2,1-2H3,(H,19,20). The number of hydrogen-bond donors (Lipinski definition) is 3. The summed E-state index contributed by atoms with van der Waals surface area (Å²) in [5.74, 6) is -0.275. The van der Waals surface area contributed by atoms with Crippen LogP contribution in [0.4, 0.5) is 0 Å². The second kappa shape index (κ2) is 8.72. The number of rotatable bonds is 9. The second-order valence-electron chi connectivity index (χ2n) is 5.23. The highest BCUT2D eigenvalue weighted by Crippen LogP contribution is 2.19. The number of benzene rings is 1. The lowest BCUT2D eigenvalue weighted by Crippen LogP contribution is -2.35. The summed E-state index contributed by atoms with van der Waals surface area (Å²) < 4.78 is 0. The highest BCUT2D eigenvalue weighted by atomic mass is 16.4. The van der Waals surface area contributed by atoms with Crippen molar-refractivity contribution in [3.8, 4) is 0 Å². The number of hydrogen-bond acceptors (Lipinski definition) is 3. The Bertz CT molecular complexity index is 403. The molecule has 0 fully saturated rings. The Balaban J connectivity index is 2.65. The molecular weight excluding hydrogens is 254 g/mol. The summed E-state index contributed by atoms with van der Waals surface area (Å²) >= 11 is 0. The van der Waals surface area contributed by atoms with Crippen molar-refractivity contribution in [1.82, 2.24) is 5.32 Å². The molecule has 0 saturated carbocycles. The van der Waals surface area contributed by atoms with E-state index in [-0.39, 0.29) is 19.1 Å². The fraction of sp³-hybridized carbons (Fsp3) is 0.562. The largest absolute Gasteiger partial charge is 0.481 e. The summed E-state index contributed by atoms with van der Waals surface area (Å²) in [6.45, 7) is 4.80. The zero-order valence-electron chi connectivity index (χ0n) is 12.3. The van der Waals surface area contributed by atoms with Gasteiger partial charge < -0.3 is 15.5 Å². The molecule has 2 unspecified atom stereocenters. The van der Waals surface area contributed by atoms with Gasteiger partial charge in [-0.1, -0.05) is 38.1 Å². The normalized spacial score (nSPS) is 13.9. The first-order chi connectivity index (χ1) is 9.56. The summed E-state index contributed by atoms with van der Waals surface area (Å²) in [6.07, 6.45) is 1.83. The molecule has 0 saturated heterocycles. The summed E-state index contributed by atoms with van der Waals surface area (Å²) in [5, 5.41) is 20.8. The van der Waals surface area contributed by atoms with E-state index in [1.165, 1.54) is 5.56 Å². The first-order valence-electron chi connectivity index (χ1n) is 7.21. The van der Waals surface area contributed by atoms with E-state index in [4.69, 9.17) is 10.2 Å². The molecule has 1 aromatic rings. The minimum Gasteiger partial charge on any atom is -0.481 e. The van der Waals surface area contributed by atoms with Crippen LogP contribution in [0, 0.1) is 0 Å². The van der Waals surface area contributed by atoms with E-state index in [0.29, 0.717) is 18.9 Å². The van der Waals surface area contributed by atoms with Crippen LogP contribution >= 0.6 is 0 Å². The van der Waals surface area contributed by atoms with Gasteiger partial charge in [-0.2, -0.15) is 0 Å². The minimum atomic E-state index is -0.823. The molecule has 0 spiro atoms. The predicted molar refractivity (Wildman–Crippen MR) is 80.0 cm³/mol. The molecule has 1 rings (SSSR count). The highest BCUT2D eigenvalue weighted by molar-refractivity contribution is 5.67. The van der Waals surface area contributed by atoms with Crippen molar-refractivity contribution in [3.63, 3.8) is 0 Å². The van der Waals surface area contributed by atoms with Crippen LogP contribution in [0.25, 0.3) is 0 Å². The van der Waals surface area contributed by atoms with Crippen LogP contribution in [0.5, 0.6) is 0 Å². The zero-order chi connectivity index (χ0) is 15.0. The summed E-state index contributed by atoms with van der Waals surface area (Å²) in [4.78, 5) is 10.8. The monoisotopic (exact) mass is 279 g/mol. The van der Waals surface area contributed by atoms with Crippen LogP contribution in [0.2, 0.25) is 0 Å². The van der Waals surface area contributed by atoms with Gasteiger partial charge in [0.25, 0.3) is 0 Å². The van der Waals surface area contributed by atoms with Crippen LogP contribution < -0.4 is 5.32 Å². The quantitative estimate of drug-likeness (QED) is 0.648. The lowest BCUT2D eigenvalue weighted by Gasteiger charge is -2.17. The molecule has 4 nitrogen and oxygen atoms in total. The van der Waals surface area contributed by atoms with Crippen LogP contribution in [-0.2, 0) is 11.2 Å². The molecule has 0 radical (unpaired) electrons. The molecule has 0 aliphatic heterocycles. The molecule has 20 heavy (non-hydrogen) atoms. The Morgan fingerprint density at radius 3 is 2.45 bits per heavy atom. The van der Waals surface area contributed by atoms with Crippen LogP contribution in [0.3, 0.4) is 0 Å². The minimum absolute atomic E-state index is 0.0169. The van der Waals surface area contributed by atoms with Crippen molar-refractivity contribution in [2.45, 2.75) is 45.1 Å². The number of nitrogens with one attached hydrogen (secondary N) is 1. The fourth-order valence-electron chi connectivity index (χ4n) is 2.20. The Morgan fingerprint density at radius 1 is 1.30 bits per heavy atom. The lowest BCUT2D eigenvalue weighted by atomic mass is 9.95. The number of aliphatic hydroxyl groups excluding tert-OH is 1. The smallest absolute Gasteiger partial charge is 0.304 e. The summed E-state index contributed by atoms with van der Waals surface area (Å²) in [5.41, 5.74) is 2.43. The number of aliphatic hydroxyl groups is 1. The average molecular weight is 279 g/mol. The van der Waals surface area contributed by atoms with Crippen molar-refractivity contribution in [1.29, 1.82) is 0 Å². The van der Waals surface area contributed by atoms with Gasteiger partial charge in [-0.05, 0) is 29.9 Å². The van der Waals surface area contributed by atoms with Gasteiger partial charge in [0.1, 0.15) is 0 Å². The molecule has 2 atom stereocenters. The van der Waals surface area contributed by atoms with Gasteiger partial charge >= 0.3 is 5.97 Å². The van der Waals surface area contributed by atoms with Gasteiger partial charge in [0.2, 0.25) is 0 Å². The molecule has 112 valence electrons. The van der Waals surface area contributed by atoms with E-state index < -0.39 is 5.97 Å². The summed E-state index contributed by atoms with van der Waals surface area (Å²) in [6, 6.07) is 8.23. The van der Waals surface area contributed by atoms with Crippen LogP contribution in [0.1, 0.15) is 43.7 Å². The highest BCUT2D eigenvalue weighted by Gasteiger charge is 2.13. The molecular formula is C16H25NO3. The van der Waals surface area contributed by atoms with E-state index in [2.05, 4.69) is 43.4 Å². The Hall–Kier alpha value is -1.39. The fourth-order valence-corrected chi connectivity index (χ4v) is 2.20. The topological polar surface area (TPSA) is 69.6 Å². The number of carbonyl (C=O) groups is 1. The molecule has 4 heteroatoms. The van der Waals surface area contributed by atoms with Crippen LogP contribution in [-0.4, -0.2) is 35.4 Å².